The summed E-state index contributed by atoms with van der Waals surface area (Å²) >= 11 is 5.46. The van der Waals surface area contributed by atoms with Crippen LogP contribution in [0.1, 0.15) is 5.56 Å². The summed E-state index contributed by atoms with van der Waals surface area (Å²) in [6.07, 6.45) is -6.16. The van der Waals surface area contributed by atoms with Crippen molar-refractivity contribution in [1.29, 1.82) is 0 Å². The van der Waals surface area contributed by atoms with E-state index >= 15 is 0 Å². The van der Waals surface area contributed by atoms with E-state index in [4.69, 9.17) is 16.5 Å². The Labute approximate surface area is 120 Å². The fourth-order valence-corrected chi connectivity index (χ4v) is 2.91. The Morgan fingerprint density at radius 3 is 2.52 bits per heavy atom. The quantitative estimate of drug-likeness (QED) is 0.495. The fourth-order valence-electron chi connectivity index (χ4n) is 1.69. The van der Waals surface area contributed by atoms with Crippen molar-refractivity contribution in [2.24, 2.45) is 0 Å². The highest BCUT2D eigenvalue weighted by atomic mass is 35.5. The molecule has 1 aromatic rings. The van der Waals surface area contributed by atoms with E-state index in [-0.39, 0.29) is 11.8 Å². The summed E-state index contributed by atoms with van der Waals surface area (Å²) in [6, 6.07) is 1.02. The number of nitrogens with zero attached hydrogens (tertiary/aromatic N) is 1. The average molecular weight is 347 g/mol. The lowest BCUT2D eigenvalue weighted by molar-refractivity contribution is -0.384. The second-order valence-corrected chi connectivity index (χ2v) is 6.42. The van der Waals surface area contributed by atoms with Gasteiger partial charge in [-0.2, -0.15) is 13.2 Å². The van der Waals surface area contributed by atoms with Crippen LogP contribution in [0.3, 0.4) is 0 Å². The number of benzene rings is 1. The largest absolute Gasteiger partial charge is 0.418 e. The van der Waals surface area contributed by atoms with Crippen LogP contribution in [-0.2, 0) is 15.3 Å². The predicted octanol–water partition coefficient (Wildman–Crippen LogP) is 3.22. The molecule has 1 aromatic carbocycles. The minimum atomic E-state index is -4.84. The Balaban J connectivity index is 2.35. The normalized spacial score (nSPS) is 25.3. The van der Waals surface area contributed by atoms with Gasteiger partial charge in [0.05, 0.1) is 21.7 Å². The van der Waals surface area contributed by atoms with Gasteiger partial charge in [-0.15, -0.1) is 0 Å². The first kappa shape index (κ1) is 16.0. The molecule has 0 bridgehead atoms. The van der Waals surface area contributed by atoms with E-state index in [1.165, 1.54) is 0 Å². The molecule has 2 unspecified atom stereocenters. The van der Waals surface area contributed by atoms with Gasteiger partial charge in [-0.25, -0.2) is 0 Å². The Bertz CT molecular complexity index is 643. The van der Waals surface area contributed by atoms with Crippen LogP contribution in [0.15, 0.2) is 12.1 Å². The summed E-state index contributed by atoms with van der Waals surface area (Å²) in [5, 5.41) is 12.5. The standard InChI is InChI=1S/C9H7ClF3N2O5P/c10-5-2-6(14-8-3-21(18,19)20-8)7(15(16)17)1-4(5)9(11,12)13/h1-2,8,14H,3H2,(H,18,19). The molecule has 0 amide bonds. The third-order valence-corrected chi connectivity index (χ3v) is 4.28. The summed E-state index contributed by atoms with van der Waals surface area (Å²) < 4.78 is 53.4. The van der Waals surface area contributed by atoms with Crippen molar-refractivity contribution in [2.45, 2.75) is 12.4 Å². The topological polar surface area (TPSA) is 102 Å². The van der Waals surface area contributed by atoms with Gasteiger partial charge in [0, 0.05) is 6.07 Å². The summed E-state index contributed by atoms with van der Waals surface area (Å²) in [5.74, 6) is 0. The number of hydrogen-bond donors (Lipinski definition) is 2. The lowest BCUT2D eigenvalue weighted by Crippen LogP contribution is -2.35. The third kappa shape index (κ3) is 3.46. The van der Waals surface area contributed by atoms with Gasteiger partial charge < -0.3 is 10.2 Å². The van der Waals surface area contributed by atoms with Crippen LogP contribution >= 0.6 is 19.2 Å². The highest BCUT2D eigenvalue weighted by Gasteiger charge is 2.41. The maximum atomic E-state index is 12.6. The van der Waals surface area contributed by atoms with Gasteiger partial charge in [0.25, 0.3) is 5.69 Å². The van der Waals surface area contributed by atoms with Crippen molar-refractivity contribution in [3.05, 3.63) is 32.8 Å². The van der Waals surface area contributed by atoms with Crippen molar-refractivity contribution in [3.8, 4) is 0 Å². The van der Waals surface area contributed by atoms with Gasteiger partial charge in [0.15, 0.2) is 0 Å². The van der Waals surface area contributed by atoms with Gasteiger partial charge in [-0.05, 0) is 6.07 Å². The average Bonchev–Trinajstić information content (AvgIpc) is 2.24. The van der Waals surface area contributed by atoms with Crippen molar-refractivity contribution >= 4 is 30.6 Å². The highest BCUT2D eigenvalue weighted by Crippen LogP contribution is 2.54. The van der Waals surface area contributed by atoms with Gasteiger partial charge in [0.1, 0.15) is 11.9 Å². The number of anilines is 1. The summed E-state index contributed by atoms with van der Waals surface area (Å²) in [7, 11) is -3.69. The van der Waals surface area contributed by atoms with Crippen molar-refractivity contribution < 1.29 is 32.1 Å². The molecule has 0 radical (unpaired) electrons. The molecule has 7 nitrogen and oxygen atoms in total. The number of nitro benzene ring substituents is 1. The van der Waals surface area contributed by atoms with Crippen molar-refractivity contribution in [3.63, 3.8) is 0 Å². The van der Waals surface area contributed by atoms with Gasteiger partial charge >= 0.3 is 13.8 Å². The molecule has 116 valence electrons. The molecule has 2 atom stereocenters. The molecule has 12 heteroatoms. The summed E-state index contributed by atoms with van der Waals surface area (Å²) in [4.78, 5) is 18.7. The van der Waals surface area contributed by atoms with E-state index in [0.29, 0.717) is 6.07 Å². The molecule has 0 saturated carbocycles. The molecule has 0 aromatic heterocycles. The van der Waals surface area contributed by atoms with Gasteiger partial charge in [0.2, 0.25) is 0 Å². The van der Waals surface area contributed by atoms with E-state index in [1.807, 2.05) is 0 Å². The third-order valence-electron chi connectivity index (χ3n) is 2.59. The fraction of sp³-hybridized carbons (Fsp3) is 0.333. The predicted molar refractivity (Wildman–Crippen MR) is 66.3 cm³/mol. The Kier molecular flexibility index (Phi) is 3.92. The molecule has 0 aliphatic carbocycles. The molecule has 2 rings (SSSR count). The molecule has 1 fully saturated rings. The first-order valence-electron chi connectivity index (χ1n) is 5.31. The summed E-state index contributed by atoms with van der Waals surface area (Å²) in [5.41, 5.74) is -2.54. The van der Waals surface area contributed by atoms with E-state index < -0.39 is 41.2 Å². The number of nitro groups is 1. The Morgan fingerprint density at radius 2 is 2.10 bits per heavy atom. The van der Waals surface area contributed by atoms with Crippen LogP contribution in [0, 0.1) is 10.1 Å². The number of hydrogen-bond acceptors (Lipinski definition) is 5. The maximum absolute atomic E-state index is 12.6. The number of alkyl halides is 3. The van der Waals surface area contributed by atoms with Crippen LogP contribution in [-0.4, -0.2) is 22.2 Å². The monoisotopic (exact) mass is 346 g/mol. The molecule has 0 spiro atoms. The molecule has 1 aliphatic rings. The van der Waals surface area contributed by atoms with Gasteiger partial charge in [-0.3, -0.25) is 19.2 Å². The maximum Gasteiger partial charge on any atom is 0.418 e. The number of rotatable bonds is 3. The van der Waals surface area contributed by atoms with Crippen LogP contribution in [0.4, 0.5) is 24.5 Å². The molecular weight excluding hydrogens is 340 g/mol. The second kappa shape index (κ2) is 5.13. The van der Waals surface area contributed by atoms with E-state index in [1.54, 1.807) is 0 Å². The Morgan fingerprint density at radius 1 is 1.52 bits per heavy atom. The minimum absolute atomic E-state index is 0.294. The lowest BCUT2D eigenvalue weighted by atomic mass is 10.1. The summed E-state index contributed by atoms with van der Waals surface area (Å²) in [6.45, 7) is 0. The lowest BCUT2D eigenvalue weighted by Gasteiger charge is -2.32. The Hall–Kier alpha value is -1.35. The molecule has 1 heterocycles. The minimum Gasteiger partial charge on any atom is -0.354 e. The van der Waals surface area contributed by atoms with E-state index in [2.05, 4.69) is 9.84 Å². The molecule has 1 aliphatic heterocycles. The highest BCUT2D eigenvalue weighted by molar-refractivity contribution is 7.54. The first-order valence-corrected chi connectivity index (χ1v) is 7.45. The first-order chi connectivity index (χ1) is 9.49. The second-order valence-electron chi connectivity index (χ2n) is 4.16. The molecular formula is C9H7ClF3N2O5P. The van der Waals surface area contributed by atoms with Crippen molar-refractivity contribution in [2.75, 3.05) is 11.5 Å². The number of halogens is 4. The van der Waals surface area contributed by atoms with Crippen molar-refractivity contribution in [1.82, 2.24) is 0 Å². The van der Waals surface area contributed by atoms with E-state index in [9.17, 15) is 27.9 Å². The van der Waals surface area contributed by atoms with Crippen LogP contribution in [0.2, 0.25) is 5.02 Å². The molecule has 1 saturated heterocycles. The van der Waals surface area contributed by atoms with Crippen LogP contribution < -0.4 is 5.32 Å². The molecule has 2 N–H and O–H groups in total. The zero-order chi connectivity index (χ0) is 16.0. The van der Waals surface area contributed by atoms with Gasteiger partial charge in [-0.1, -0.05) is 11.6 Å². The smallest absolute Gasteiger partial charge is 0.354 e. The zero-order valence-corrected chi connectivity index (χ0v) is 11.6. The molecule has 21 heavy (non-hydrogen) atoms. The van der Waals surface area contributed by atoms with Crippen LogP contribution in [0.25, 0.3) is 0 Å². The zero-order valence-electron chi connectivity index (χ0n) is 9.93. The van der Waals surface area contributed by atoms with E-state index in [0.717, 1.165) is 6.07 Å². The number of nitrogens with one attached hydrogen (secondary N) is 1. The van der Waals surface area contributed by atoms with Crippen LogP contribution in [0.5, 0.6) is 0 Å². The SMILES string of the molecule is O=[N+]([O-])c1cc(C(F)(F)F)c(Cl)cc1NC1CP(=O)(O)O1.